The molecule has 0 unspecified atom stereocenters. The number of hydrogen-bond donors (Lipinski definition) is 1. The molecule has 0 bridgehead atoms. The molecular weight excluding hydrogens is 330 g/mol. The predicted octanol–water partition coefficient (Wildman–Crippen LogP) is 1.72. The Balaban J connectivity index is 1.76. The highest BCUT2D eigenvalue weighted by molar-refractivity contribution is 5.95. The Hall–Kier alpha value is -2.70. The Morgan fingerprint density at radius 2 is 2.15 bits per heavy atom. The molecule has 0 aromatic carbocycles. The summed E-state index contributed by atoms with van der Waals surface area (Å²) in [5.74, 6) is 0.845. The topological polar surface area (TPSA) is 80.1 Å². The standard InChI is InChI=1S/C19H25N5O2/c1-4-13-11-20-7-6-15(13)19(26)22-12-14-10-16(25)24(5-2)17(14)18-21-8-9-23(18)3/h6-9,11,14,17H,4-5,10,12H2,1-3H3,(H,22,26)/t14-,17+/m0/s1. The third-order valence-corrected chi connectivity index (χ3v) is 5.06. The lowest BCUT2D eigenvalue weighted by Gasteiger charge is -2.27. The third-order valence-electron chi connectivity index (χ3n) is 5.06. The summed E-state index contributed by atoms with van der Waals surface area (Å²) < 4.78 is 1.94. The van der Waals surface area contributed by atoms with Crippen molar-refractivity contribution >= 4 is 11.8 Å². The van der Waals surface area contributed by atoms with Crippen LogP contribution in [0, 0.1) is 5.92 Å². The molecule has 0 saturated carbocycles. The second-order valence-corrected chi connectivity index (χ2v) is 6.58. The van der Waals surface area contributed by atoms with Crippen LogP contribution in [0.5, 0.6) is 0 Å². The number of carbonyl (C=O) groups excluding carboxylic acids is 2. The molecule has 0 spiro atoms. The third kappa shape index (κ3) is 3.34. The second kappa shape index (κ2) is 7.68. The minimum Gasteiger partial charge on any atom is -0.352 e. The molecule has 26 heavy (non-hydrogen) atoms. The first-order chi connectivity index (χ1) is 12.6. The molecule has 3 heterocycles. The minimum absolute atomic E-state index is 0.000543. The first kappa shape index (κ1) is 18.1. The molecule has 1 saturated heterocycles. The molecule has 0 aliphatic carbocycles. The summed E-state index contributed by atoms with van der Waals surface area (Å²) in [6, 6.07) is 1.62. The molecule has 3 rings (SSSR count). The van der Waals surface area contributed by atoms with Gasteiger partial charge in [-0.2, -0.15) is 0 Å². The Morgan fingerprint density at radius 3 is 2.81 bits per heavy atom. The quantitative estimate of drug-likeness (QED) is 0.855. The van der Waals surface area contributed by atoms with E-state index in [0.717, 1.165) is 17.8 Å². The summed E-state index contributed by atoms with van der Waals surface area (Å²) >= 11 is 0. The summed E-state index contributed by atoms with van der Waals surface area (Å²) in [5.41, 5.74) is 1.57. The molecule has 138 valence electrons. The van der Waals surface area contributed by atoms with Crippen LogP contribution in [-0.4, -0.2) is 44.3 Å². The molecule has 0 radical (unpaired) electrons. The van der Waals surface area contributed by atoms with Gasteiger partial charge in [-0.25, -0.2) is 4.98 Å². The summed E-state index contributed by atoms with van der Waals surface area (Å²) in [6.07, 6.45) is 8.14. The molecule has 2 amide bonds. The number of pyridine rings is 1. The van der Waals surface area contributed by atoms with Crippen LogP contribution in [0.15, 0.2) is 30.9 Å². The van der Waals surface area contributed by atoms with Crippen molar-refractivity contribution in [1.29, 1.82) is 0 Å². The van der Waals surface area contributed by atoms with E-state index in [0.29, 0.717) is 25.1 Å². The normalized spacial score (nSPS) is 19.8. The monoisotopic (exact) mass is 355 g/mol. The average Bonchev–Trinajstić information content (AvgIpc) is 3.21. The summed E-state index contributed by atoms with van der Waals surface area (Å²) in [7, 11) is 1.93. The number of aromatic nitrogens is 3. The Morgan fingerprint density at radius 1 is 1.35 bits per heavy atom. The van der Waals surface area contributed by atoms with E-state index in [2.05, 4.69) is 15.3 Å². The van der Waals surface area contributed by atoms with Gasteiger partial charge in [-0.05, 0) is 25.0 Å². The number of amides is 2. The fraction of sp³-hybridized carbons (Fsp3) is 0.474. The van der Waals surface area contributed by atoms with E-state index < -0.39 is 0 Å². The number of hydrogen-bond acceptors (Lipinski definition) is 4. The van der Waals surface area contributed by atoms with Crippen molar-refractivity contribution in [3.8, 4) is 0 Å². The lowest BCUT2D eigenvalue weighted by molar-refractivity contribution is -0.128. The van der Waals surface area contributed by atoms with Crippen LogP contribution in [0.1, 0.15) is 48.1 Å². The highest BCUT2D eigenvalue weighted by Crippen LogP contribution is 2.36. The Bertz CT molecular complexity index is 801. The van der Waals surface area contributed by atoms with E-state index >= 15 is 0 Å². The summed E-state index contributed by atoms with van der Waals surface area (Å²) in [4.78, 5) is 35.4. The second-order valence-electron chi connectivity index (χ2n) is 6.58. The van der Waals surface area contributed by atoms with Crippen molar-refractivity contribution in [3.05, 3.63) is 47.8 Å². The summed E-state index contributed by atoms with van der Waals surface area (Å²) in [5, 5.41) is 3.01. The van der Waals surface area contributed by atoms with E-state index in [1.165, 1.54) is 0 Å². The van der Waals surface area contributed by atoms with Gasteiger partial charge in [0.2, 0.25) is 5.91 Å². The zero-order valence-electron chi connectivity index (χ0n) is 15.5. The zero-order chi connectivity index (χ0) is 18.7. The van der Waals surface area contributed by atoms with E-state index in [-0.39, 0.29) is 23.8 Å². The van der Waals surface area contributed by atoms with Gasteiger partial charge in [0, 0.05) is 62.8 Å². The highest BCUT2D eigenvalue weighted by Gasteiger charge is 2.41. The molecular formula is C19H25N5O2. The lowest BCUT2D eigenvalue weighted by atomic mass is 9.99. The number of aryl methyl sites for hydroxylation is 2. The number of nitrogens with one attached hydrogen (secondary N) is 1. The fourth-order valence-corrected chi connectivity index (χ4v) is 3.68. The van der Waals surface area contributed by atoms with Crippen molar-refractivity contribution in [3.63, 3.8) is 0 Å². The van der Waals surface area contributed by atoms with Gasteiger partial charge in [0.15, 0.2) is 0 Å². The molecule has 1 fully saturated rings. The van der Waals surface area contributed by atoms with Crippen molar-refractivity contribution in [2.75, 3.05) is 13.1 Å². The maximum atomic E-state index is 12.6. The van der Waals surface area contributed by atoms with Crippen LogP contribution in [0.3, 0.4) is 0 Å². The first-order valence-electron chi connectivity index (χ1n) is 9.04. The van der Waals surface area contributed by atoms with Crippen molar-refractivity contribution in [2.24, 2.45) is 13.0 Å². The van der Waals surface area contributed by atoms with Gasteiger partial charge in [-0.1, -0.05) is 6.92 Å². The number of rotatable bonds is 6. The smallest absolute Gasteiger partial charge is 0.251 e. The molecule has 1 aliphatic rings. The van der Waals surface area contributed by atoms with Crippen molar-refractivity contribution < 1.29 is 9.59 Å². The first-order valence-corrected chi connectivity index (χ1v) is 9.04. The highest BCUT2D eigenvalue weighted by atomic mass is 16.2. The van der Waals surface area contributed by atoms with Crippen LogP contribution in [0.4, 0.5) is 0 Å². The molecule has 7 heteroatoms. The van der Waals surface area contributed by atoms with Gasteiger partial charge in [-0.15, -0.1) is 0 Å². The van der Waals surface area contributed by atoms with Gasteiger partial charge >= 0.3 is 0 Å². The van der Waals surface area contributed by atoms with Gasteiger partial charge in [0.1, 0.15) is 5.82 Å². The van der Waals surface area contributed by atoms with Crippen LogP contribution in [0.2, 0.25) is 0 Å². The van der Waals surface area contributed by atoms with Crippen LogP contribution in [0.25, 0.3) is 0 Å². The average molecular weight is 355 g/mol. The minimum atomic E-state index is -0.120. The molecule has 2 aromatic rings. The molecule has 7 nitrogen and oxygen atoms in total. The Kier molecular flexibility index (Phi) is 5.35. The SMILES string of the molecule is CCc1cnccc1C(=O)NC[C@@H]1CC(=O)N(CC)[C@H]1c1nccn1C. The van der Waals surface area contributed by atoms with Gasteiger partial charge < -0.3 is 14.8 Å². The van der Waals surface area contributed by atoms with E-state index in [9.17, 15) is 9.59 Å². The van der Waals surface area contributed by atoms with Gasteiger partial charge in [-0.3, -0.25) is 14.6 Å². The summed E-state index contributed by atoms with van der Waals surface area (Å²) in [6.45, 7) is 5.04. The largest absolute Gasteiger partial charge is 0.352 e. The molecule has 1 aliphatic heterocycles. The van der Waals surface area contributed by atoms with Crippen LogP contribution >= 0.6 is 0 Å². The van der Waals surface area contributed by atoms with Crippen LogP contribution in [-0.2, 0) is 18.3 Å². The molecule has 2 aromatic heterocycles. The van der Waals surface area contributed by atoms with Crippen molar-refractivity contribution in [2.45, 2.75) is 32.7 Å². The van der Waals surface area contributed by atoms with Gasteiger partial charge in [0.25, 0.3) is 5.91 Å². The van der Waals surface area contributed by atoms with Crippen LogP contribution < -0.4 is 5.32 Å². The number of carbonyl (C=O) groups is 2. The zero-order valence-corrected chi connectivity index (χ0v) is 15.5. The number of imidazole rings is 1. The lowest BCUT2D eigenvalue weighted by Crippen LogP contribution is -2.35. The molecule has 2 atom stereocenters. The Labute approximate surface area is 153 Å². The van der Waals surface area contributed by atoms with Crippen molar-refractivity contribution in [1.82, 2.24) is 24.8 Å². The predicted molar refractivity (Wildman–Crippen MR) is 97.4 cm³/mol. The maximum Gasteiger partial charge on any atom is 0.251 e. The van der Waals surface area contributed by atoms with E-state index in [1.807, 2.05) is 36.6 Å². The van der Waals surface area contributed by atoms with Gasteiger partial charge in [0.05, 0.1) is 6.04 Å². The maximum absolute atomic E-state index is 12.6. The number of nitrogens with zero attached hydrogens (tertiary/aromatic N) is 4. The fourth-order valence-electron chi connectivity index (χ4n) is 3.68. The number of likely N-dealkylation sites (tertiary alicyclic amines) is 1. The van der Waals surface area contributed by atoms with E-state index in [4.69, 9.17) is 0 Å². The molecule has 1 N–H and O–H groups in total. The van der Waals surface area contributed by atoms with E-state index in [1.54, 1.807) is 24.7 Å².